The van der Waals surface area contributed by atoms with Crippen LogP contribution in [0.1, 0.15) is 5.56 Å². The average Bonchev–Trinajstić information content (AvgIpc) is 2.86. The Bertz CT molecular complexity index is 594. The summed E-state index contributed by atoms with van der Waals surface area (Å²) >= 11 is 0. The molecule has 100 valence electrons. The Morgan fingerprint density at radius 1 is 1.21 bits per heavy atom. The standard InChI is InChI=1S/C13H14N2O4/c1-16-7-8-2-3-9(10-6-15-19-13(10)14)12-11(8)17-4-5-18-12/h2-3,6H,4-5,7,14H2,1H3. The molecular weight excluding hydrogens is 248 g/mol. The van der Waals surface area contributed by atoms with Gasteiger partial charge in [-0.1, -0.05) is 11.2 Å². The molecule has 0 unspecified atom stereocenters. The maximum Gasteiger partial charge on any atom is 0.230 e. The molecule has 0 amide bonds. The van der Waals surface area contributed by atoms with Gasteiger partial charge >= 0.3 is 0 Å². The number of methoxy groups -OCH3 is 1. The smallest absolute Gasteiger partial charge is 0.230 e. The Balaban J connectivity index is 2.14. The molecule has 6 heteroatoms. The molecule has 0 bridgehead atoms. The van der Waals surface area contributed by atoms with E-state index in [2.05, 4.69) is 5.16 Å². The Labute approximate surface area is 110 Å². The van der Waals surface area contributed by atoms with E-state index in [9.17, 15) is 0 Å². The molecule has 1 aromatic heterocycles. The van der Waals surface area contributed by atoms with Crippen LogP contribution >= 0.6 is 0 Å². The van der Waals surface area contributed by atoms with Crippen molar-refractivity contribution in [2.75, 3.05) is 26.1 Å². The second kappa shape index (κ2) is 4.81. The van der Waals surface area contributed by atoms with Crippen LogP contribution in [0.4, 0.5) is 5.88 Å². The lowest BCUT2D eigenvalue weighted by atomic mass is 10.0. The van der Waals surface area contributed by atoms with Gasteiger partial charge in [0.05, 0.1) is 18.4 Å². The van der Waals surface area contributed by atoms with Crippen LogP contribution in [0, 0.1) is 0 Å². The summed E-state index contributed by atoms with van der Waals surface area (Å²) in [6, 6.07) is 3.84. The van der Waals surface area contributed by atoms with Crippen LogP contribution in [-0.2, 0) is 11.3 Å². The van der Waals surface area contributed by atoms with Crippen molar-refractivity contribution >= 4 is 5.88 Å². The predicted octanol–water partition coefficient (Wildman–Crippen LogP) is 1.84. The molecule has 2 N–H and O–H groups in total. The normalized spacial score (nSPS) is 13.5. The van der Waals surface area contributed by atoms with E-state index < -0.39 is 0 Å². The van der Waals surface area contributed by atoms with E-state index in [1.54, 1.807) is 13.3 Å². The van der Waals surface area contributed by atoms with E-state index in [4.69, 9.17) is 24.5 Å². The summed E-state index contributed by atoms with van der Waals surface area (Å²) in [6.45, 7) is 1.49. The Hall–Kier alpha value is -2.21. The SMILES string of the molecule is COCc1ccc(-c2cnoc2N)c2c1OCCO2. The number of benzene rings is 1. The Morgan fingerprint density at radius 2 is 2.00 bits per heavy atom. The first-order valence-corrected chi connectivity index (χ1v) is 5.92. The quantitative estimate of drug-likeness (QED) is 0.909. The molecule has 6 nitrogen and oxygen atoms in total. The molecule has 1 aliphatic rings. The Morgan fingerprint density at radius 3 is 2.68 bits per heavy atom. The van der Waals surface area contributed by atoms with Gasteiger partial charge in [-0.2, -0.15) is 0 Å². The van der Waals surface area contributed by atoms with E-state index in [0.717, 1.165) is 11.1 Å². The van der Waals surface area contributed by atoms with Crippen LogP contribution in [0.5, 0.6) is 11.5 Å². The highest BCUT2D eigenvalue weighted by molar-refractivity contribution is 5.80. The highest BCUT2D eigenvalue weighted by Crippen LogP contribution is 2.44. The van der Waals surface area contributed by atoms with Crippen LogP contribution in [0.15, 0.2) is 22.9 Å². The average molecular weight is 262 g/mol. The number of ether oxygens (including phenoxy) is 3. The first-order chi connectivity index (χ1) is 9.31. The summed E-state index contributed by atoms with van der Waals surface area (Å²) in [5, 5.41) is 3.68. The van der Waals surface area contributed by atoms with Gasteiger partial charge in [-0.15, -0.1) is 0 Å². The largest absolute Gasteiger partial charge is 0.486 e. The number of rotatable bonds is 3. The van der Waals surface area contributed by atoms with Gasteiger partial charge in [0.15, 0.2) is 11.5 Å². The molecule has 0 saturated carbocycles. The van der Waals surface area contributed by atoms with Crippen molar-refractivity contribution in [3.63, 3.8) is 0 Å². The van der Waals surface area contributed by atoms with Crippen molar-refractivity contribution in [2.24, 2.45) is 0 Å². The van der Waals surface area contributed by atoms with Crippen LogP contribution in [0.25, 0.3) is 11.1 Å². The van der Waals surface area contributed by atoms with Crippen LogP contribution in [-0.4, -0.2) is 25.5 Å². The van der Waals surface area contributed by atoms with E-state index in [1.807, 2.05) is 12.1 Å². The summed E-state index contributed by atoms with van der Waals surface area (Å²) < 4.78 is 21.5. The molecule has 1 aliphatic heterocycles. The van der Waals surface area contributed by atoms with Crippen molar-refractivity contribution in [3.8, 4) is 22.6 Å². The van der Waals surface area contributed by atoms with Crippen molar-refractivity contribution in [2.45, 2.75) is 6.61 Å². The lowest BCUT2D eigenvalue weighted by Gasteiger charge is -2.23. The third-order valence-corrected chi connectivity index (χ3v) is 2.96. The molecule has 0 radical (unpaired) electrons. The molecule has 19 heavy (non-hydrogen) atoms. The van der Waals surface area contributed by atoms with Crippen LogP contribution in [0.2, 0.25) is 0 Å². The van der Waals surface area contributed by atoms with Crippen molar-refractivity contribution in [1.82, 2.24) is 5.16 Å². The second-order valence-corrected chi connectivity index (χ2v) is 4.16. The zero-order valence-electron chi connectivity index (χ0n) is 10.5. The third-order valence-electron chi connectivity index (χ3n) is 2.96. The summed E-state index contributed by atoms with van der Waals surface area (Å²) in [5.41, 5.74) is 8.21. The van der Waals surface area contributed by atoms with E-state index in [-0.39, 0.29) is 5.88 Å². The predicted molar refractivity (Wildman–Crippen MR) is 68.1 cm³/mol. The molecule has 2 aromatic rings. The fraction of sp³-hybridized carbons (Fsp3) is 0.308. The fourth-order valence-corrected chi connectivity index (χ4v) is 2.12. The highest BCUT2D eigenvalue weighted by Gasteiger charge is 2.23. The maximum absolute atomic E-state index is 5.75. The van der Waals surface area contributed by atoms with Gasteiger partial charge in [0.2, 0.25) is 5.88 Å². The maximum atomic E-state index is 5.75. The molecule has 1 aromatic carbocycles. The summed E-state index contributed by atoms with van der Waals surface area (Å²) in [7, 11) is 1.64. The van der Waals surface area contributed by atoms with Gasteiger partial charge in [0.25, 0.3) is 0 Å². The molecule has 3 rings (SSSR count). The van der Waals surface area contributed by atoms with Crippen molar-refractivity contribution in [3.05, 3.63) is 23.9 Å². The van der Waals surface area contributed by atoms with E-state index >= 15 is 0 Å². The van der Waals surface area contributed by atoms with Gasteiger partial charge in [-0.3, -0.25) is 0 Å². The third kappa shape index (κ3) is 2.00. The first-order valence-electron chi connectivity index (χ1n) is 5.92. The number of hydrogen-bond donors (Lipinski definition) is 1. The number of aromatic nitrogens is 1. The van der Waals surface area contributed by atoms with Gasteiger partial charge in [-0.25, -0.2) is 0 Å². The summed E-state index contributed by atoms with van der Waals surface area (Å²) in [6.07, 6.45) is 1.57. The lowest BCUT2D eigenvalue weighted by molar-refractivity contribution is 0.153. The zero-order chi connectivity index (χ0) is 13.2. The van der Waals surface area contributed by atoms with Gasteiger partial charge in [-0.05, 0) is 6.07 Å². The summed E-state index contributed by atoms with van der Waals surface area (Å²) in [5.74, 6) is 1.62. The zero-order valence-corrected chi connectivity index (χ0v) is 10.5. The minimum absolute atomic E-state index is 0.260. The number of hydrogen-bond acceptors (Lipinski definition) is 6. The second-order valence-electron chi connectivity index (χ2n) is 4.16. The van der Waals surface area contributed by atoms with Gasteiger partial charge in [0, 0.05) is 18.2 Å². The lowest BCUT2D eigenvalue weighted by Crippen LogP contribution is -2.17. The number of fused-ring (bicyclic) bond motifs is 1. The van der Waals surface area contributed by atoms with Gasteiger partial charge in [0.1, 0.15) is 13.2 Å². The number of nitrogen functional groups attached to an aromatic ring is 1. The fourth-order valence-electron chi connectivity index (χ4n) is 2.12. The van der Waals surface area contributed by atoms with Crippen molar-refractivity contribution < 1.29 is 18.7 Å². The molecule has 2 heterocycles. The molecule has 0 aliphatic carbocycles. The molecule has 0 spiro atoms. The van der Waals surface area contributed by atoms with Gasteiger partial charge < -0.3 is 24.5 Å². The topological polar surface area (TPSA) is 79.7 Å². The summed E-state index contributed by atoms with van der Waals surface area (Å²) in [4.78, 5) is 0. The number of nitrogens with two attached hydrogens (primary N) is 1. The van der Waals surface area contributed by atoms with Crippen LogP contribution < -0.4 is 15.2 Å². The minimum atomic E-state index is 0.260. The Kier molecular flexibility index (Phi) is 3.00. The number of nitrogens with zero attached hydrogens (tertiary/aromatic N) is 1. The molecular formula is C13H14N2O4. The van der Waals surface area contributed by atoms with Crippen LogP contribution in [0.3, 0.4) is 0 Å². The van der Waals surface area contributed by atoms with E-state index in [1.165, 1.54) is 0 Å². The van der Waals surface area contributed by atoms with Crippen molar-refractivity contribution in [1.29, 1.82) is 0 Å². The monoisotopic (exact) mass is 262 g/mol. The molecule has 0 saturated heterocycles. The minimum Gasteiger partial charge on any atom is -0.486 e. The van der Waals surface area contributed by atoms with E-state index in [0.29, 0.717) is 36.9 Å². The molecule has 0 atom stereocenters. The first kappa shape index (κ1) is 11.9. The number of anilines is 1. The highest BCUT2D eigenvalue weighted by atomic mass is 16.6. The molecule has 0 fully saturated rings.